The lowest BCUT2D eigenvalue weighted by Gasteiger charge is -2.22. The number of rotatable bonds is 7. The van der Waals surface area contributed by atoms with Crippen molar-refractivity contribution < 1.29 is 14.4 Å². The number of imide groups is 1. The molecule has 1 aliphatic heterocycles. The van der Waals surface area contributed by atoms with Gasteiger partial charge in [-0.2, -0.15) is 0 Å². The molecule has 1 saturated heterocycles. The van der Waals surface area contributed by atoms with Crippen LogP contribution in [-0.2, 0) is 11.3 Å². The first-order chi connectivity index (χ1) is 12.8. The Kier molecular flexibility index (Phi) is 5.24. The minimum atomic E-state index is -0.882. The summed E-state index contributed by atoms with van der Waals surface area (Å²) in [6.45, 7) is 8.08. The van der Waals surface area contributed by atoms with E-state index < -0.39 is 11.6 Å². The van der Waals surface area contributed by atoms with Crippen LogP contribution in [0.1, 0.15) is 53.3 Å². The third-order valence-corrected chi connectivity index (χ3v) is 6.38. The van der Waals surface area contributed by atoms with E-state index in [1.807, 2.05) is 45.2 Å². The third-order valence-electron chi connectivity index (χ3n) is 5.52. The molecule has 0 atom stereocenters. The molecule has 0 aliphatic carbocycles. The maximum absolute atomic E-state index is 12.9. The molecule has 1 aliphatic rings. The highest BCUT2D eigenvalue weighted by atomic mass is 32.1. The zero-order valence-electron chi connectivity index (χ0n) is 16.2. The molecule has 0 bridgehead atoms. The number of nitrogens with zero attached hydrogens (tertiary/aromatic N) is 2. The summed E-state index contributed by atoms with van der Waals surface area (Å²) in [5.74, 6) is -0.523. The smallest absolute Gasteiger partial charge is 0.325 e. The summed E-state index contributed by atoms with van der Waals surface area (Å²) < 4.78 is 2.09. The number of aromatic nitrogens is 1. The summed E-state index contributed by atoms with van der Waals surface area (Å²) in [4.78, 5) is 40.2. The van der Waals surface area contributed by atoms with Crippen molar-refractivity contribution in [1.29, 1.82) is 0 Å². The van der Waals surface area contributed by atoms with E-state index >= 15 is 0 Å². The van der Waals surface area contributed by atoms with Crippen LogP contribution in [0.2, 0.25) is 0 Å². The van der Waals surface area contributed by atoms with E-state index in [0.29, 0.717) is 24.9 Å². The Morgan fingerprint density at radius 2 is 1.93 bits per heavy atom. The lowest BCUT2D eigenvalue weighted by atomic mass is 9.93. The van der Waals surface area contributed by atoms with Crippen molar-refractivity contribution in [1.82, 2.24) is 14.8 Å². The predicted molar refractivity (Wildman–Crippen MR) is 105 cm³/mol. The van der Waals surface area contributed by atoms with E-state index in [2.05, 4.69) is 16.0 Å². The number of carbonyl (C=O) groups is 3. The normalized spacial score (nSPS) is 16.1. The average molecular weight is 388 g/mol. The fourth-order valence-electron chi connectivity index (χ4n) is 3.66. The molecule has 144 valence electrons. The van der Waals surface area contributed by atoms with Gasteiger partial charge in [0.15, 0.2) is 5.78 Å². The minimum Gasteiger partial charge on any atom is -0.343 e. The molecular weight excluding hydrogens is 362 g/mol. The number of nitrogens with one attached hydrogen (secondary N) is 1. The fourth-order valence-corrected chi connectivity index (χ4v) is 4.36. The van der Waals surface area contributed by atoms with Crippen LogP contribution in [0.25, 0.3) is 0 Å². The van der Waals surface area contributed by atoms with Crippen molar-refractivity contribution in [3.05, 3.63) is 45.4 Å². The van der Waals surface area contributed by atoms with E-state index in [1.165, 1.54) is 4.88 Å². The van der Waals surface area contributed by atoms with Crippen LogP contribution in [0.15, 0.2) is 23.6 Å². The molecule has 1 N–H and O–H groups in total. The highest BCUT2D eigenvalue weighted by molar-refractivity contribution is 7.09. The number of aryl methyl sites for hydroxylation is 1. The van der Waals surface area contributed by atoms with Gasteiger partial charge in [0.25, 0.3) is 5.91 Å². The number of hydrogen-bond acceptors (Lipinski definition) is 4. The monoisotopic (exact) mass is 387 g/mol. The standard InChI is InChI=1S/C20H25N3O3S/c1-5-20(6-2)18(25)23(19(26)21-20)12-17(24)16-10-13(3)22(14(16)4)11-15-8-7-9-27-15/h7-10H,5-6,11-12H2,1-4H3,(H,21,26). The number of Topliss-reactive ketones (excluding diaryl/α,β-unsaturated/α-hetero) is 1. The molecule has 3 amide bonds. The summed E-state index contributed by atoms with van der Waals surface area (Å²) in [6, 6.07) is 5.43. The fraction of sp³-hybridized carbons (Fsp3) is 0.450. The molecule has 3 rings (SSSR count). The van der Waals surface area contributed by atoms with Crippen molar-refractivity contribution in [2.45, 2.75) is 52.6 Å². The van der Waals surface area contributed by atoms with Gasteiger partial charge in [-0.05, 0) is 44.2 Å². The van der Waals surface area contributed by atoms with Gasteiger partial charge in [-0.15, -0.1) is 11.3 Å². The number of carbonyl (C=O) groups excluding carboxylic acids is 3. The molecule has 2 aromatic heterocycles. The zero-order chi connectivity index (χ0) is 19.8. The van der Waals surface area contributed by atoms with Gasteiger partial charge in [-0.25, -0.2) is 4.79 Å². The Bertz CT molecular complexity index is 879. The topological polar surface area (TPSA) is 71.4 Å². The summed E-state index contributed by atoms with van der Waals surface area (Å²) in [7, 11) is 0. The molecule has 0 radical (unpaired) electrons. The number of amides is 3. The molecule has 0 spiro atoms. The van der Waals surface area contributed by atoms with Gasteiger partial charge in [0, 0.05) is 21.8 Å². The molecule has 2 aromatic rings. The first-order valence-electron chi connectivity index (χ1n) is 9.19. The third kappa shape index (κ3) is 3.32. The highest BCUT2D eigenvalue weighted by Crippen LogP contribution is 2.26. The Labute approximate surface area is 163 Å². The van der Waals surface area contributed by atoms with Crippen LogP contribution in [0.5, 0.6) is 0 Å². The minimum absolute atomic E-state index is 0.216. The Balaban J connectivity index is 1.81. The van der Waals surface area contributed by atoms with Gasteiger partial charge in [-0.3, -0.25) is 14.5 Å². The summed E-state index contributed by atoms with van der Waals surface area (Å²) in [5.41, 5.74) is 1.52. The SMILES string of the molecule is CCC1(CC)NC(=O)N(CC(=O)c2cc(C)n(Cc3cccs3)c2C)C1=O. The molecule has 3 heterocycles. The molecule has 0 unspecified atom stereocenters. The van der Waals surface area contributed by atoms with Crippen molar-refractivity contribution >= 4 is 29.1 Å². The van der Waals surface area contributed by atoms with Crippen molar-refractivity contribution in [2.24, 2.45) is 0 Å². The van der Waals surface area contributed by atoms with Gasteiger partial charge >= 0.3 is 6.03 Å². The van der Waals surface area contributed by atoms with Crippen LogP contribution in [0.3, 0.4) is 0 Å². The van der Waals surface area contributed by atoms with Crippen LogP contribution >= 0.6 is 11.3 Å². The summed E-state index contributed by atoms with van der Waals surface area (Å²) >= 11 is 1.67. The van der Waals surface area contributed by atoms with E-state index in [9.17, 15) is 14.4 Å². The number of urea groups is 1. The lowest BCUT2D eigenvalue weighted by Crippen LogP contribution is -2.46. The highest BCUT2D eigenvalue weighted by Gasteiger charge is 2.49. The summed E-state index contributed by atoms with van der Waals surface area (Å²) in [5, 5.41) is 4.79. The molecule has 7 heteroatoms. The largest absolute Gasteiger partial charge is 0.343 e. The van der Waals surface area contributed by atoms with Gasteiger partial charge < -0.3 is 9.88 Å². The second-order valence-electron chi connectivity index (χ2n) is 6.98. The van der Waals surface area contributed by atoms with E-state index in [4.69, 9.17) is 0 Å². The molecular formula is C20H25N3O3S. The van der Waals surface area contributed by atoms with Gasteiger partial charge in [-0.1, -0.05) is 19.9 Å². The van der Waals surface area contributed by atoms with E-state index in [0.717, 1.165) is 16.3 Å². The van der Waals surface area contributed by atoms with E-state index in [-0.39, 0.29) is 18.2 Å². The Morgan fingerprint density at radius 3 is 2.48 bits per heavy atom. The quantitative estimate of drug-likeness (QED) is 0.584. The van der Waals surface area contributed by atoms with Crippen LogP contribution in [0, 0.1) is 13.8 Å². The van der Waals surface area contributed by atoms with Crippen LogP contribution < -0.4 is 5.32 Å². The van der Waals surface area contributed by atoms with Gasteiger partial charge in [0.2, 0.25) is 0 Å². The second-order valence-corrected chi connectivity index (χ2v) is 8.02. The van der Waals surface area contributed by atoms with Gasteiger partial charge in [0.05, 0.1) is 13.1 Å². The average Bonchev–Trinajstić information content (AvgIpc) is 3.32. The number of thiophene rings is 1. The Morgan fingerprint density at radius 1 is 1.22 bits per heavy atom. The van der Waals surface area contributed by atoms with Crippen molar-refractivity contribution in [3.63, 3.8) is 0 Å². The first-order valence-corrected chi connectivity index (χ1v) is 10.1. The van der Waals surface area contributed by atoms with E-state index in [1.54, 1.807) is 11.3 Å². The first kappa shape index (κ1) is 19.4. The summed E-state index contributed by atoms with van der Waals surface area (Å²) in [6.07, 6.45) is 1.02. The second kappa shape index (κ2) is 7.31. The number of ketones is 1. The maximum atomic E-state index is 12.9. The molecule has 0 saturated carbocycles. The Hall–Kier alpha value is -2.41. The molecule has 6 nitrogen and oxygen atoms in total. The molecule has 1 fully saturated rings. The van der Waals surface area contributed by atoms with Crippen molar-refractivity contribution in [2.75, 3.05) is 6.54 Å². The number of hydrogen-bond donors (Lipinski definition) is 1. The van der Waals surface area contributed by atoms with Gasteiger partial charge in [0.1, 0.15) is 5.54 Å². The molecule has 0 aromatic carbocycles. The van der Waals surface area contributed by atoms with Crippen molar-refractivity contribution in [3.8, 4) is 0 Å². The maximum Gasteiger partial charge on any atom is 0.325 e. The predicted octanol–water partition coefficient (Wildman–Crippen LogP) is 3.51. The van der Waals surface area contributed by atoms with Crippen LogP contribution in [0.4, 0.5) is 4.79 Å². The lowest BCUT2D eigenvalue weighted by molar-refractivity contribution is -0.131. The van der Waals surface area contributed by atoms with Crippen LogP contribution in [-0.4, -0.2) is 39.3 Å². The zero-order valence-corrected chi connectivity index (χ0v) is 17.0. The molecule has 27 heavy (non-hydrogen) atoms.